The minimum Gasteiger partial charge on any atom is -0.295 e. The molecule has 0 aliphatic carbocycles. The zero-order valence-corrected chi connectivity index (χ0v) is 19.7. The van der Waals surface area contributed by atoms with E-state index in [4.69, 9.17) is 0 Å². The second-order valence-corrected chi connectivity index (χ2v) is 10.8. The molecule has 0 bridgehead atoms. The molecule has 0 spiro atoms. The Morgan fingerprint density at radius 1 is 0.943 bits per heavy atom. The smallest absolute Gasteiger partial charge is 0.275 e. The molecule has 4 aromatic rings. The maximum Gasteiger partial charge on any atom is 0.275 e. The van der Waals surface area contributed by atoms with E-state index in [1.54, 1.807) is 12.1 Å². The highest BCUT2D eigenvalue weighted by atomic mass is 32.2. The van der Waals surface area contributed by atoms with Crippen LogP contribution in [0.25, 0.3) is 15.5 Å². The molecule has 13 heteroatoms. The van der Waals surface area contributed by atoms with Gasteiger partial charge in [0.25, 0.3) is 5.56 Å². The van der Waals surface area contributed by atoms with Gasteiger partial charge in [0.05, 0.1) is 10.6 Å². The zero-order valence-electron chi connectivity index (χ0n) is 18.1. The average molecular weight is 522 g/mol. The first kappa shape index (κ1) is 23.6. The Hall–Kier alpha value is -3.13. The van der Waals surface area contributed by atoms with E-state index < -0.39 is 27.5 Å². The van der Waals surface area contributed by atoms with Crippen LogP contribution < -0.4 is 5.56 Å². The van der Waals surface area contributed by atoms with Gasteiger partial charge in [-0.15, -0.1) is 0 Å². The average Bonchev–Trinajstić information content (AvgIpc) is 3.26. The first-order valence-corrected chi connectivity index (χ1v) is 12.8. The van der Waals surface area contributed by atoms with Gasteiger partial charge in [0, 0.05) is 44.4 Å². The van der Waals surface area contributed by atoms with Gasteiger partial charge < -0.3 is 0 Å². The van der Waals surface area contributed by atoms with Crippen molar-refractivity contribution >= 4 is 26.3 Å². The van der Waals surface area contributed by atoms with Crippen molar-refractivity contribution in [2.45, 2.75) is 11.4 Å². The van der Waals surface area contributed by atoms with Gasteiger partial charge in [0.1, 0.15) is 10.8 Å². The van der Waals surface area contributed by atoms with E-state index in [9.17, 15) is 26.4 Å². The molecule has 2 aromatic heterocycles. The van der Waals surface area contributed by atoms with Gasteiger partial charge in [0.15, 0.2) is 11.6 Å². The molecule has 0 atom stereocenters. The van der Waals surface area contributed by atoms with Crippen LogP contribution in [0, 0.1) is 17.5 Å². The fraction of sp³-hybridized carbons (Fsp3) is 0.227. The summed E-state index contributed by atoms with van der Waals surface area (Å²) in [6.07, 6.45) is 0. The molecule has 0 amide bonds. The number of sulfonamides is 1. The number of hydrogen-bond acceptors (Lipinski definition) is 7. The van der Waals surface area contributed by atoms with Crippen LogP contribution in [0.3, 0.4) is 0 Å². The van der Waals surface area contributed by atoms with Crippen molar-refractivity contribution in [1.29, 1.82) is 0 Å². The highest BCUT2D eigenvalue weighted by Crippen LogP contribution is 2.25. The Morgan fingerprint density at radius 3 is 2.43 bits per heavy atom. The number of hydrogen-bond donors (Lipinski definition) is 0. The summed E-state index contributed by atoms with van der Waals surface area (Å²) in [7, 11) is -3.96. The molecule has 1 saturated heterocycles. The van der Waals surface area contributed by atoms with Crippen LogP contribution in [-0.4, -0.2) is 58.4 Å². The van der Waals surface area contributed by atoms with Crippen molar-refractivity contribution in [1.82, 2.24) is 23.8 Å². The van der Waals surface area contributed by atoms with Crippen molar-refractivity contribution in [2.75, 3.05) is 26.2 Å². The lowest BCUT2D eigenvalue weighted by molar-refractivity contribution is 0.180. The van der Waals surface area contributed by atoms with Crippen LogP contribution in [0.15, 0.2) is 58.2 Å². The van der Waals surface area contributed by atoms with Gasteiger partial charge in [-0.3, -0.25) is 9.69 Å². The topological polar surface area (TPSA) is 87.9 Å². The number of aromatic nitrogens is 3. The summed E-state index contributed by atoms with van der Waals surface area (Å²) in [4.78, 5) is 19.1. The van der Waals surface area contributed by atoms with Crippen molar-refractivity contribution in [3.63, 3.8) is 0 Å². The Morgan fingerprint density at radius 2 is 1.71 bits per heavy atom. The molecule has 0 saturated carbocycles. The molecule has 0 unspecified atom stereocenters. The summed E-state index contributed by atoms with van der Waals surface area (Å²) in [5.74, 6) is -2.74. The van der Waals surface area contributed by atoms with Crippen LogP contribution in [0.2, 0.25) is 0 Å². The van der Waals surface area contributed by atoms with Crippen LogP contribution in [-0.2, 0) is 16.6 Å². The predicted molar refractivity (Wildman–Crippen MR) is 123 cm³/mol. The first-order chi connectivity index (χ1) is 16.7. The van der Waals surface area contributed by atoms with E-state index >= 15 is 0 Å². The number of halogens is 3. The minimum atomic E-state index is -3.96. The third-order valence-electron chi connectivity index (χ3n) is 5.62. The van der Waals surface area contributed by atoms with Crippen molar-refractivity contribution < 1.29 is 21.6 Å². The second-order valence-electron chi connectivity index (χ2n) is 7.95. The number of fused-ring (bicyclic) bond motifs is 1. The van der Waals surface area contributed by atoms with Gasteiger partial charge >= 0.3 is 0 Å². The molecule has 35 heavy (non-hydrogen) atoms. The lowest BCUT2D eigenvalue weighted by atomic mass is 10.2. The normalized spacial score (nSPS) is 15.6. The summed E-state index contributed by atoms with van der Waals surface area (Å²) in [6.45, 7) is 1.33. The Kier molecular flexibility index (Phi) is 6.17. The first-order valence-electron chi connectivity index (χ1n) is 10.5. The minimum absolute atomic E-state index is 0.146. The van der Waals surface area contributed by atoms with Crippen molar-refractivity contribution in [3.05, 3.63) is 82.0 Å². The molecule has 1 aliphatic heterocycles. The SMILES string of the molecule is O=c1cc(CN2CCN(S(=O)(=O)c3ccc(F)c(F)c3)CC2)nc2sc(-c3cccc(F)c3)nn12. The Balaban J connectivity index is 1.30. The third kappa shape index (κ3) is 4.72. The van der Waals surface area contributed by atoms with E-state index in [1.807, 2.05) is 4.90 Å². The molecule has 3 heterocycles. The maximum atomic E-state index is 13.6. The van der Waals surface area contributed by atoms with Crippen LogP contribution in [0.1, 0.15) is 5.69 Å². The highest BCUT2D eigenvalue weighted by Gasteiger charge is 2.29. The van der Waals surface area contributed by atoms with Crippen LogP contribution >= 0.6 is 11.3 Å². The van der Waals surface area contributed by atoms with E-state index in [-0.39, 0.29) is 23.5 Å². The highest BCUT2D eigenvalue weighted by molar-refractivity contribution is 7.89. The summed E-state index contributed by atoms with van der Waals surface area (Å²) in [5, 5.41) is 4.71. The number of benzene rings is 2. The Labute approximate surface area is 201 Å². The summed E-state index contributed by atoms with van der Waals surface area (Å²) >= 11 is 1.16. The molecule has 8 nitrogen and oxygen atoms in total. The lowest BCUT2D eigenvalue weighted by Crippen LogP contribution is -2.48. The molecule has 0 radical (unpaired) electrons. The Bertz CT molecular complexity index is 1580. The molecular formula is C22H18F3N5O3S2. The molecule has 5 rings (SSSR count). The molecule has 2 aromatic carbocycles. The quantitative estimate of drug-likeness (QED) is 0.402. The van der Waals surface area contributed by atoms with E-state index in [1.165, 1.54) is 27.0 Å². The molecule has 1 aliphatic rings. The summed E-state index contributed by atoms with van der Waals surface area (Å²) in [5.41, 5.74) is 0.671. The fourth-order valence-corrected chi connectivity index (χ4v) is 6.17. The molecule has 1 fully saturated rings. The molecule has 182 valence electrons. The van der Waals surface area contributed by atoms with E-state index in [0.29, 0.717) is 46.9 Å². The van der Waals surface area contributed by atoms with Gasteiger partial charge in [0.2, 0.25) is 15.0 Å². The van der Waals surface area contributed by atoms with E-state index in [0.717, 1.165) is 23.5 Å². The lowest BCUT2D eigenvalue weighted by Gasteiger charge is -2.33. The summed E-state index contributed by atoms with van der Waals surface area (Å²) in [6, 6.07) is 9.78. The van der Waals surface area contributed by atoms with Crippen LogP contribution in [0.5, 0.6) is 0 Å². The van der Waals surface area contributed by atoms with E-state index in [2.05, 4.69) is 10.1 Å². The standard InChI is InChI=1S/C22H18F3N5O3S2/c23-15-3-1-2-14(10-15)21-27-30-20(31)11-16(26-22(30)34-21)13-28-6-8-29(9-7-28)35(32,33)17-4-5-18(24)19(25)12-17/h1-5,10-12H,6-9,13H2. The summed E-state index contributed by atoms with van der Waals surface area (Å²) < 4.78 is 68.2. The predicted octanol–water partition coefficient (Wildman–Crippen LogP) is 2.74. The molecular weight excluding hydrogens is 503 g/mol. The van der Waals surface area contributed by atoms with Gasteiger partial charge in [-0.05, 0) is 30.3 Å². The number of piperazine rings is 1. The third-order valence-corrected chi connectivity index (χ3v) is 8.47. The van der Waals surface area contributed by atoms with Crippen LogP contribution in [0.4, 0.5) is 13.2 Å². The number of rotatable bonds is 5. The number of nitrogens with zero attached hydrogens (tertiary/aromatic N) is 5. The van der Waals surface area contributed by atoms with Gasteiger partial charge in [-0.2, -0.15) is 13.9 Å². The second kappa shape index (κ2) is 9.15. The monoisotopic (exact) mass is 521 g/mol. The largest absolute Gasteiger partial charge is 0.295 e. The maximum absolute atomic E-state index is 13.6. The molecule has 0 N–H and O–H groups in total. The zero-order chi connectivity index (χ0) is 24.7. The van der Waals surface area contributed by atoms with Crippen molar-refractivity contribution in [3.8, 4) is 10.6 Å². The fourth-order valence-electron chi connectivity index (χ4n) is 3.82. The van der Waals surface area contributed by atoms with Gasteiger partial charge in [-0.25, -0.2) is 26.6 Å². The van der Waals surface area contributed by atoms with Crippen molar-refractivity contribution in [2.24, 2.45) is 0 Å². The van der Waals surface area contributed by atoms with Gasteiger partial charge in [-0.1, -0.05) is 23.5 Å².